The summed E-state index contributed by atoms with van der Waals surface area (Å²) < 4.78 is 32.4. The van der Waals surface area contributed by atoms with Crippen molar-refractivity contribution in [2.75, 3.05) is 13.2 Å². The van der Waals surface area contributed by atoms with Crippen molar-refractivity contribution in [1.29, 1.82) is 0 Å². The van der Waals surface area contributed by atoms with Gasteiger partial charge >= 0.3 is 5.97 Å². The van der Waals surface area contributed by atoms with E-state index in [1.54, 1.807) is 42.5 Å². The van der Waals surface area contributed by atoms with Crippen LogP contribution < -0.4 is 9.46 Å². The first-order valence-corrected chi connectivity index (χ1v) is 9.84. The van der Waals surface area contributed by atoms with E-state index in [4.69, 9.17) is 9.84 Å². The third-order valence-corrected chi connectivity index (χ3v) is 5.21. The van der Waals surface area contributed by atoms with Gasteiger partial charge in [0.2, 0.25) is 10.0 Å². The summed E-state index contributed by atoms with van der Waals surface area (Å²) in [6.07, 6.45) is 0. The van der Waals surface area contributed by atoms with Crippen molar-refractivity contribution < 1.29 is 23.1 Å². The minimum absolute atomic E-state index is 0.0601. The van der Waals surface area contributed by atoms with E-state index in [1.165, 1.54) is 0 Å². The molecule has 0 atom stereocenters. The second-order valence-electron chi connectivity index (χ2n) is 5.85. The van der Waals surface area contributed by atoms with Crippen LogP contribution in [-0.4, -0.2) is 32.6 Å². The molecule has 0 unspecified atom stereocenters. The molecule has 142 valence electrons. The van der Waals surface area contributed by atoms with E-state index in [2.05, 4.69) is 16.6 Å². The van der Waals surface area contributed by atoms with Crippen molar-refractivity contribution in [3.63, 3.8) is 0 Å². The van der Waals surface area contributed by atoms with Crippen LogP contribution in [0.2, 0.25) is 0 Å². The first-order chi connectivity index (χ1) is 13.4. The molecular formula is C21H17NO5S. The van der Waals surface area contributed by atoms with E-state index in [1.807, 2.05) is 24.3 Å². The number of hydrogen-bond donors (Lipinski definition) is 2. The van der Waals surface area contributed by atoms with Crippen LogP contribution in [0.1, 0.15) is 5.56 Å². The highest BCUT2D eigenvalue weighted by atomic mass is 32.2. The number of fused-ring (bicyclic) bond motifs is 1. The molecule has 0 saturated heterocycles. The molecule has 0 aliphatic carbocycles. The molecule has 0 spiro atoms. The summed E-state index contributed by atoms with van der Waals surface area (Å²) in [5.41, 5.74) is 0.591. The Labute approximate surface area is 162 Å². The van der Waals surface area contributed by atoms with Gasteiger partial charge in [-0.15, -0.1) is 0 Å². The number of benzene rings is 3. The molecule has 6 nitrogen and oxygen atoms in total. The number of carboxylic acids is 1. The lowest BCUT2D eigenvalue weighted by molar-refractivity contribution is -0.139. The predicted molar refractivity (Wildman–Crippen MR) is 106 cm³/mol. The molecular weight excluding hydrogens is 378 g/mol. The lowest BCUT2D eigenvalue weighted by Crippen LogP contribution is -2.23. The Kier molecular flexibility index (Phi) is 5.94. The number of rotatable bonds is 6. The number of ether oxygens (including phenoxy) is 1. The van der Waals surface area contributed by atoms with Gasteiger partial charge in [-0.2, -0.15) is 4.72 Å². The van der Waals surface area contributed by atoms with Crippen molar-refractivity contribution in [1.82, 2.24) is 4.72 Å². The Morgan fingerprint density at radius 1 is 1.00 bits per heavy atom. The molecule has 0 saturated carbocycles. The number of hydrogen-bond acceptors (Lipinski definition) is 4. The average Bonchev–Trinajstić information content (AvgIpc) is 2.69. The van der Waals surface area contributed by atoms with Gasteiger partial charge in [-0.3, -0.25) is 0 Å². The van der Waals surface area contributed by atoms with Crippen LogP contribution in [0.5, 0.6) is 5.75 Å². The Morgan fingerprint density at radius 2 is 1.79 bits per heavy atom. The second kappa shape index (κ2) is 8.57. The molecule has 7 heteroatoms. The summed E-state index contributed by atoms with van der Waals surface area (Å²) in [5.74, 6) is 4.88. The largest absolute Gasteiger partial charge is 0.482 e. The van der Waals surface area contributed by atoms with Crippen molar-refractivity contribution in [3.05, 3.63) is 72.3 Å². The molecule has 0 heterocycles. The maximum Gasteiger partial charge on any atom is 0.341 e. The van der Waals surface area contributed by atoms with Crippen LogP contribution in [-0.2, 0) is 14.8 Å². The maximum atomic E-state index is 12.4. The van der Waals surface area contributed by atoms with Gasteiger partial charge in [0.1, 0.15) is 5.75 Å². The van der Waals surface area contributed by atoms with E-state index in [0.717, 1.165) is 10.8 Å². The van der Waals surface area contributed by atoms with E-state index in [-0.39, 0.29) is 11.4 Å². The summed E-state index contributed by atoms with van der Waals surface area (Å²) in [5, 5.41) is 10.4. The predicted octanol–water partition coefficient (Wildman–Crippen LogP) is 2.63. The molecule has 3 aromatic rings. The minimum Gasteiger partial charge on any atom is -0.482 e. The molecule has 0 radical (unpaired) electrons. The molecule has 3 rings (SSSR count). The highest BCUT2D eigenvalue weighted by Gasteiger charge is 2.13. The third-order valence-electron chi connectivity index (χ3n) is 3.81. The van der Waals surface area contributed by atoms with Crippen LogP contribution in [0.4, 0.5) is 0 Å². The van der Waals surface area contributed by atoms with Gasteiger partial charge in [-0.05, 0) is 41.1 Å². The van der Waals surface area contributed by atoms with Crippen LogP contribution in [0.3, 0.4) is 0 Å². The van der Waals surface area contributed by atoms with Gasteiger partial charge in [0.15, 0.2) is 6.61 Å². The first kappa shape index (κ1) is 19.4. The smallest absolute Gasteiger partial charge is 0.341 e. The SMILES string of the molecule is O=C(O)COc1cccc(C#CCNS(=O)(=O)c2ccc3ccccc3c2)c1. The zero-order valence-electron chi connectivity index (χ0n) is 14.8. The molecule has 28 heavy (non-hydrogen) atoms. The maximum absolute atomic E-state index is 12.4. The summed E-state index contributed by atoms with van der Waals surface area (Å²) in [7, 11) is -3.67. The van der Waals surface area contributed by atoms with Crippen LogP contribution in [0, 0.1) is 11.8 Å². The number of sulfonamides is 1. The average molecular weight is 395 g/mol. The Bertz CT molecular complexity index is 1180. The van der Waals surface area contributed by atoms with E-state index in [9.17, 15) is 13.2 Å². The number of carbonyl (C=O) groups is 1. The fourth-order valence-electron chi connectivity index (χ4n) is 2.50. The molecule has 2 N–H and O–H groups in total. The van der Waals surface area contributed by atoms with Gasteiger partial charge in [-0.1, -0.05) is 48.2 Å². The zero-order valence-corrected chi connectivity index (χ0v) is 15.6. The summed E-state index contributed by atoms with van der Waals surface area (Å²) in [6, 6.07) is 19.1. The van der Waals surface area contributed by atoms with Crippen molar-refractivity contribution in [3.8, 4) is 17.6 Å². The number of nitrogens with one attached hydrogen (secondary N) is 1. The Morgan fingerprint density at radius 3 is 2.57 bits per heavy atom. The molecule has 0 bridgehead atoms. The zero-order chi connectivity index (χ0) is 20.0. The minimum atomic E-state index is -3.67. The Balaban J connectivity index is 1.65. The summed E-state index contributed by atoms with van der Waals surface area (Å²) in [4.78, 5) is 10.7. The molecule has 0 fully saturated rings. The van der Waals surface area contributed by atoms with E-state index >= 15 is 0 Å². The van der Waals surface area contributed by atoms with Crippen LogP contribution in [0.15, 0.2) is 71.6 Å². The summed E-state index contributed by atoms with van der Waals surface area (Å²) >= 11 is 0. The highest BCUT2D eigenvalue weighted by Crippen LogP contribution is 2.18. The van der Waals surface area contributed by atoms with Crippen LogP contribution in [0.25, 0.3) is 10.8 Å². The lowest BCUT2D eigenvalue weighted by atomic mass is 10.1. The second-order valence-corrected chi connectivity index (χ2v) is 7.61. The van der Waals surface area contributed by atoms with Gasteiger partial charge < -0.3 is 9.84 Å². The number of aliphatic carboxylic acids is 1. The van der Waals surface area contributed by atoms with Crippen LogP contribution >= 0.6 is 0 Å². The lowest BCUT2D eigenvalue weighted by Gasteiger charge is -2.05. The first-order valence-electron chi connectivity index (χ1n) is 8.36. The number of carboxylic acid groups (broad SMARTS) is 1. The molecule has 0 aromatic heterocycles. The fourth-order valence-corrected chi connectivity index (χ4v) is 3.46. The topological polar surface area (TPSA) is 92.7 Å². The Hall–Kier alpha value is -3.34. The normalized spacial score (nSPS) is 10.9. The van der Waals surface area contributed by atoms with Gasteiger partial charge in [0, 0.05) is 5.56 Å². The van der Waals surface area contributed by atoms with Crippen molar-refractivity contribution in [2.24, 2.45) is 0 Å². The molecule has 0 amide bonds. The quantitative estimate of drug-likeness (QED) is 0.626. The third kappa shape index (κ3) is 5.10. The summed E-state index contributed by atoms with van der Waals surface area (Å²) in [6.45, 7) is -0.502. The molecule has 0 aliphatic heterocycles. The van der Waals surface area contributed by atoms with Crippen molar-refractivity contribution >= 4 is 26.8 Å². The van der Waals surface area contributed by atoms with Gasteiger partial charge in [-0.25, -0.2) is 13.2 Å². The standard InChI is InChI=1S/C21H17NO5S/c23-21(24)15-27-19-9-3-5-16(13-19)6-4-12-22-28(25,26)20-11-10-17-7-1-2-8-18(17)14-20/h1-3,5,7-11,13-14,22H,12,15H2,(H,23,24). The molecule has 3 aromatic carbocycles. The monoisotopic (exact) mass is 395 g/mol. The van der Waals surface area contributed by atoms with E-state index in [0.29, 0.717) is 11.3 Å². The fraction of sp³-hybridized carbons (Fsp3) is 0.0952. The van der Waals surface area contributed by atoms with Gasteiger partial charge in [0.25, 0.3) is 0 Å². The van der Waals surface area contributed by atoms with Gasteiger partial charge in [0.05, 0.1) is 11.4 Å². The van der Waals surface area contributed by atoms with Crippen molar-refractivity contribution in [2.45, 2.75) is 4.90 Å². The highest BCUT2D eigenvalue weighted by molar-refractivity contribution is 7.89. The van der Waals surface area contributed by atoms with E-state index < -0.39 is 22.6 Å². The molecule has 0 aliphatic rings.